The Balaban J connectivity index is 1.36. The molecule has 4 rings (SSSR count). The molecule has 12 nitrogen and oxygen atoms in total. The summed E-state index contributed by atoms with van der Waals surface area (Å²) >= 11 is 0. The summed E-state index contributed by atoms with van der Waals surface area (Å²) in [6.45, 7) is 3.23. The molecule has 5 N–H and O–H groups in total. The Hall–Kier alpha value is -3.12. The molecule has 1 unspecified atom stereocenters. The smallest absolute Gasteiger partial charge is 0.326 e. The average Bonchev–Trinajstić information content (AvgIpc) is 3.16. The summed E-state index contributed by atoms with van der Waals surface area (Å²) in [5, 5.41) is 43.0. The topological polar surface area (TPSA) is 205 Å². The van der Waals surface area contributed by atoms with Crippen LogP contribution in [-0.4, -0.2) is 80.2 Å². The number of aliphatic hydroxyl groups excluding tert-OH is 1. The predicted molar refractivity (Wildman–Crippen MR) is 140 cm³/mol. The van der Waals surface area contributed by atoms with E-state index in [-0.39, 0.29) is 41.8 Å². The number of fused-ring (bicyclic) bond motifs is 5. The molecule has 0 aliphatic heterocycles. The van der Waals surface area contributed by atoms with Crippen LogP contribution in [0.2, 0.25) is 0 Å². The Morgan fingerprint density at radius 2 is 1.78 bits per heavy atom. The van der Waals surface area contributed by atoms with Crippen LogP contribution in [0.3, 0.4) is 0 Å². The van der Waals surface area contributed by atoms with Crippen LogP contribution < -0.4 is 5.32 Å². The molecule has 0 spiro atoms. The number of hydrogen-bond acceptors (Lipinski definition) is 9. The van der Waals surface area contributed by atoms with Crippen LogP contribution in [0, 0.1) is 28.6 Å². The van der Waals surface area contributed by atoms with Gasteiger partial charge >= 0.3 is 17.9 Å². The number of Topliss-reactive ketones (excluding diaryl/α,β-unsaturated/α-hetero) is 1. The Bertz CT molecular complexity index is 1180. The van der Waals surface area contributed by atoms with Gasteiger partial charge in [-0.3, -0.25) is 24.0 Å². The molecule has 0 aromatic heterocycles. The van der Waals surface area contributed by atoms with Crippen molar-refractivity contribution in [3.05, 3.63) is 11.6 Å². The highest BCUT2D eigenvalue weighted by atomic mass is 16.5. The van der Waals surface area contributed by atoms with Crippen LogP contribution in [0.15, 0.2) is 11.6 Å². The van der Waals surface area contributed by atoms with E-state index >= 15 is 0 Å². The summed E-state index contributed by atoms with van der Waals surface area (Å²) in [7, 11) is 0. The number of aliphatic hydroxyl groups is 2. The van der Waals surface area contributed by atoms with Crippen LogP contribution in [-0.2, 0) is 33.5 Å². The number of carbonyl (C=O) groups excluding carboxylic acids is 4. The van der Waals surface area contributed by atoms with Gasteiger partial charge in [0, 0.05) is 18.3 Å². The first kappa shape index (κ1) is 30.8. The number of hydrogen-bond donors (Lipinski definition) is 5. The number of carboxylic acids is 2. The van der Waals surface area contributed by atoms with Gasteiger partial charge in [-0.25, -0.2) is 4.79 Å². The molecule has 0 aromatic rings. The van der Waals surface area contributed by atoms with Gasteiger partial charge in [-0.2, -0.15) is 0 Å². The van der Waals surface area contributed by atoms with Gasteiger partial charge in [0.1, 0.15) is 11.6 Å². The van der Waals surface area contributed by atoms with Crippen LogP contribution in [0.5, 0.6) is 0 Å². The molecule has 3 fully saturated rings. The van der Waals surface area contributed by atoms with Crippen molar-refractivity contribution in [1.29, 1.82) is 0 Å². The van der Waals surface area contributed by atoms with Crippen LogP contribution in [0.1, 0.15) is 78.1 Å². The lowest BCUT2D eigenvalue weighted by molar-refractivity contribution is -0.184. The Morgan fingerprint density at radius 3 is 2.44 bits per heavy atom. The lowest BCUT2D eigenvalue weighted by Crippen LogP contribution is -2.62. The van der Waals surface area contributed by atoms with Crippen molar-refractivity contribution in [1.82, 2.24) is 5.32 Å². The van der Waals surface area contributed by atoms with Crippen molar-refractivity contribution in [2.75, 3.05) is 6.61 Å². The van der Waals surface area contributed by atoms with E-state index in [1.807, 2.05) is 12.2 Å². The third-order valence-electron chi connectivity index (χ3n) is 10.4. The van der Waals surface area contributed by atoms with E-state index < -0.39 is 78.6 Å². The summed E-state index contributed by atoms with van der Waals surface area (Å²) in [4.78, 5) is 71.5. The lowest BCUT2D eigenvalue weighted by atomic mass is 9.45. The van der Waals surface area contributed by atoms with Gasteiger partial charge in [-0.15, -0.1) is 0 Å². The number of ketones is 2. The van der Waals surface area contributed by atoms with Gasteiger partial charge in [0.2, 0.25) is 11.7 Å². The maximum absolute atomic E-state index is 13.3. The molecule has 0 radical (unpaired) electrons. The number of nitrogens with one attached hydrogen (secondary N) is 1. The standard InChI is InChI=1S/C29H39NO11/c1-27-9-7-16(31)11-15(27)3-4-17-18-8-10-29(40,28(18,2)13-20(32)25(17)27)21(33)14-41-24(37)6-5-22(34)30-19(26(38)39)12-23(35)36/h11,17-20,25,32,40H,3-10,12-14H2,1-2H3,(H,30,34)(H,35,36)(H,38,39)/t17-,18-,19?,20-,25+,27-,28-,29-/m0/s1. The maximum atomic E-state index is 13.3. The van der Waals surface area contributed by atoms with E-state index in [2.05, 4.69) is 6.92 Å². The average molecular weight is 578 g/mol. The van der Waals surface area contributed by atoms with Gasteiger partial charge in [-0.1, -0.05) is 19.4 Å². The van der Waals surface area contributed by atoms with Crippen molar-refractivity contribution >= 4 is 35.4 Å². The van der Waals surface area contributed by atoms with Gasteiger partial charge in [0.25, 0.3) is 0 Å². The molecule has 4 aliphatic rings. The first-order valence-electron chi connectivity index (χ1n) is 14.2. The normalized spacial score (nSPS) is 36.6. The number of amides is 1. The number of esters is 1. The summed E-state index contributed by atoms with van der Waals surface area (Å²) in [6, 6.07) is -1.65. The molecule has 0 heterocycles. The minimum atomic E-state index is -1.81. The van der Waals surface area contributed by atoms with Crippen molar-refractivity contribution in [3.8, 4) is 0 Å². The molecule has 4 aliphatic carbocycles. The minimum Gasteiger partial charge on any atom is -0.481 e. The second kappa shape index (κ2) is 11.3. The summed E-state index contributed by atoms with van der Waals surface area (Å²) in [5.41, 5.74) is -1.97. The minimum absolute atomic E-state index is 0.0340. The second-order valence-corrected chi connectivity index (χ2v) is 12.6. The molecule has 3 saturated carbocycles. The molecular formula is C29H39NO11. The number of carbonyl (C=O) groups is 6. The van der Waals surface area contributed by atoms with Crippen LogP contribution >= 0.6 is 0 Å². The summed E-state index contributed by atoms with van der Waals surface area (Å²) in [6.07, 6.45) is 2.74. The molecule has 0 aromatic carbocycles. The van der Waals surface area contributed by atoms with Crippen molar-refractivity contribution < 1.29 is 53.9 Å². The van der Waals surface area contributed by atoms with E-state index in [1.165, 1.54) is 0 Å². The first-order chi connectivity index (χ1) is 19.1. The highest BCUT2D eigenvalue weighted by molar-refractivity contribution is 5.92. The molecule has 0 saturated heterocycles. The fraction of sp³-hybridized carbons (Fsp3) is 0.724. The quantitative estimate of drug-likeness (QED) is 0.233. The number of carboxylic acid groups (broad SMARTS) is 2. The molecule has 8 atom stereocenters. The van der Waals surface area contributed by atoms with Crippen molar-refractivity contribution in [2.24, 2.45) is 28.6 Å². The van der Waals surface area contributed by atoms with Gasteiger partial charge in [-0.05, 0) is 67.8 Å². The fourth-order valence-electron chi connectivity index (χ4n) is 8.34. The van der Waals surface area contributed by atoms with Crippen molar-refractivity contribution in [2.45, 2.75) is 95.8 Å². The number of allylic oxidation sites excluding steroid dienone is 1. The number of aliphatic carboxylic acids is 2. The molecule has 1 amide bonds. The zero-order chi connectivity index (χ0) is 30.3. The molecular weight excluding hydrogens is 538 g/mol. The monoisotopic (exact) mass is 577 g/mol. The highest BCUT2D eigenvalue weighted by Crippen LogP contribution is 2.67. The third kappa shape index (κ3) is 5.55. The maximum Gasteiger partial charge on any atom is 0.326 e. The zero-order valence-corrected chi connectivity index (χ0v) is 23.4. The van der Waals surface area contributed by atoms with E-state index in [4.69, 9.17) is 14.9 Å². The molecule has 41 heavy (non-hydrogen) atoms. The molecule has 12 heteroatoms. The summed E-state index contributed by atoms with van der Waals surface area (Å²) in [5.74, 6) is -5.32. The fourth-order valence-corrected chi connectivity index (χ4v) is 8.34. The zero-order valence-electron chi connectivity index (χ0n) is 23.4. The lowest BCUT2D eigenvalue weighted by Gasteiger charge is -2.60. The predicted octanol–water partition coefficient (Wildman–Crippen LogP) is 1.16. The molecule has 0 bridgehead atoms. The van der Waals surface area contributed by atoms with E-state index in [0.29, 0.717) is 19.3 Å². The number of ether oxygens (including phenoxy) is 1. The van der Waals surface area contributed by atoms with E-state index in [9.17, 15) is 39.0 Å². The van der Waals surface area contributed by atoms with Gasteiger partial charge in [0.15, 0.2) is 12.4 Å². The largest absolute Gasteiger partial charge is 0.481 e. The van der Waals surface area contributed by atoms with Gasteiger partial charge in [0.05, 0.1) is 18.9 Å². The summed E-state index contributed by atoms with van der Waals surface area (Å²) < 4.78 is 5.06. The van der Waals surface area contributed by atoms with Crippen LogP contribution in [0.25, 0.3) is 0 Å². The first-order valence-corrected chi connectivity index (χ1v) is 14.2. The third-order valence-corrected chi connectivity index (χ3v) is 10.4. The second-order valence-electron chi connectivity index (χ2n) is 12.6. The van der Waals surface area contributed by atoms with E-state index in [0.717, 1.165) is 18.4 Å². The van der Waals surface area contributed by atoms with Crippen LogP contribution in [0.4, 0.5) is 0 Å². The van der Waals surface area contributed by atoms with E-state index in [1.54, 1.807) is 6.08 Å². The van der Waals surface area contributed by atoms with Gasteiger partial charge < -0.3 is 30.5 Å². The van der Waals surface area contributed by atoms with Crippen molar-refractivity contribution in [3.63, 3.8) is 0 Å². The molecule has 226 valence electrons. The Labute approximate surface area is 237 Å². The Kier molecular flexibility index (Phi) is 8.48. The number of rotatable bonds is 10. The SMILES string of the molecule is C[C@]12CCC(=O)C=C1CC[C@@H]1[C@@H]2[C@@H](O)C[C@@]2(C)[C@H]1CC[C@]2(O)C(=O)COC(=O)CCC(=O)NC(CC(=O)O)C(=O)O. The highest BCUT2D eigenvalue weighted by Gasteiger charge is 2.68. The Morgan fingerprint density at radius 1 is 1.07 bits per heavy atom.